The first-order chi connectivity index (χ1) is 14.8. The molecule has 3 heterocycles. The van der Waals surface area contributed by atoms with Gasteiger partial charge in [-0.15, -0.1) is 0 Å². The molecule has 1 aliphatic heterocycles. The molecule has 2 aromatic heterocycles. The summed E-state index contributed by atoms with van der Waals surface area (Å²) in [6, 6.07) is 7.94. The quantitative estimate of drug-likeness (QED) is 0.629. The van der Waals surface area contributed by atoms with Crippen molar-refractivity contribution in [2.75, 3.05) is 37.9 Å². The third kappa shape index (κ3) is 3.47. The molecule has 1 aliphatic rings. The van der Waals surface area contributed by atoms with Crippen molar-refractivity contribution in [2.24, 2.45) is 5.41 Å². The number of methoxy groups -OCH3 is 2. The molecule has 0 amide bonds. The van der Waals surface area contributed by atoms with Gasteiger partial charge in [-0.3, -0.25) is 0 Å². The van der Waals surface area contributed by atoms with Crippen molar-refractivity contribution in [3.05, 3.63) is 35.0 Å². The predicted octanol–water partition coefficient (Wildman–Crippen LogP) is 4.46. The van der Waals surface area contributed by atoms with Crippen molar-refractivity contribution in [1.82, 2.24) is 9.97 Å². The van der Waals surface area contributed by atoms with E-state index in [1.165, 1.54) is 0 Å². The summed E-state index contributed by atoms with van der Waals surface area (Å²) in [6.45, 7) is 5.17. The van der Waals surface area contributed by atoms with Gasteiger partial charge < -0.3 is 20.1 Å². The zero-order valence-electron chi connectivity index (χ0n) is 18.0. The van der Waals surface area contributed by atoms with Gasteiger partial charge >= 0.3 is 0 Å². The minimum atomic E-state index is -0.395. The summed E-state index contributed by atoms with van der Waals surface area (Å²) in [5, 5.41) is 11.7. The molecule has 0 saturated carbocycles. The lowest BCUT2D eigenvalue weighted by atomic mass is 9.83. The standard InChI is InChI=1S/C23H24ClN5O2/c1-5-14-17(30-3)8-18(31-4)21(24)20(14)16-6-13-9-27-19(26)7-15(13)22(28-16)29-11-23(2,10-25)12-29/h6-9H,5,11-12H2,1-4H3,(H2,26,27). The van der Waals surface area contributed by atoms with Gasteiger partial charge in [0.15, 0.2) is 0 Å². The third-order valence-electron chi connectivity index (χ3n) is 5.71. The topological polar surface area (TPSA) is 97.3 Å². The minimum absolute atomic E-state index is 0.395. The number of nitriles is 1. The number of rotatable bonds is 5. The van der Waals surface area contributed by atoms with E-state index in [9.17, 15) is 5.26 Å². The van der Waals surface area contributed by atoms with Crippen LogP contribution in [0.3, 0.4) is 0 Å². The van der Waals surface area contributed by atoms with Crippen LogP contribution >= 0.6 is 11.6 Å². The average molecular weight is 438 g/mol. The molecule has 7 nitrogen and oxygen atoms in total. The van der Waals surface area contributed by atoms with Crippen molar-refractivity contribution in [2.45, 2.75) is 20.3 Å². The van der Waals surface area contributed by atoms with Crippen LogP contribution in [0.4, 0.5) is 11.6 Å². The lowest BCUT2D eigenvalue weighted by molar-refractivity contribution is 0.335. The Bertz CT molecular complexity index is 1220. The Morgan fingerprint density at radius 3 is 2.55 bits per heavy atom. The second-order valence-electron chi connectivity index (χ2n) is 7.99. The highest BCUT2D eigenvalue weighted by Gasteiger charge is 2.40. The Balaban J connectivity index is 1.98. The van der Waals surface area contributed by atoms with Gasteiger partial charge in [-0.05, 0) is 25.5 Å². The Labute approximate surface area is 186 Å². The van der Waals surface area contributed by atoms with E-state index in [-0.39, 0.29) is 0 Å². The lowest BCUT2D eigenvalue weighted by Gasteiger charge is -2.44. The number of anilines is 2. The average Bonchev–Trinajstić information content (AvgIpc) is 2.75. The molecule has 2 N–H and O–H groups in total. The summed E-state index contributed by atoms with van der Waals surface area (Å²) in [5.74, 6) is 2.39. The van der Waals surface area contributed by atoms with Crippen molar-refractivity contribution in [1.29, 1.82) is 5.26 Å². The first-order valence-electron chi connectivity index (χ1n) is 10.00. The summed E-state index contributed by atoms with van der Waals surface area (Å²) in [6.07, 6.45) is 2.44. The van der Waals surface area contributed by atoms with Crippen LogP contribution in [-0.4, -0.2) is 37.3 Å². The maximum atomic E-state index is 9.45. The van der Waals surface area contributed by atoms with E-state index >= 15 is 0 Å². The zero-order chi connectivity index (χ0) is 22.3. The summed E-state index contributed by atoms with van der Waals surface area (Å²) in [4.78, 5) is 11.3. The number of aromatic nitrogens is 2. The maximum absolute atomic E-state index is 9.45. The van der Waals surface area contributed by atoms with Crippen molar-refractivity contribution >= 4 is 34.0 Å². The van der Waals surface area contributed by atoms with E-state index in [1.54, 1.807) is 26.5 Å². The van der Waals surface area contributed by atoms with Crippen LogP contribution in [0.25, 0.3) is 22.0 Å². The SMILES string of the molecule is CCc1c(OC)cc(OC)c(Cl)c1-c1cc2cnc(N)cc2c(N2CC(C)(C#N)C2)n1. The lowest BCUT2D eigenvalue weighted by Crippen LogP contribution is -2.54. The number of hydrogen-bond donors (Lipinski definition) is 1. The Morgan fingerprint density at radius 2 is 1.94 bits per heavy atom. The van der Waals surface area contributed by atoms with Crippen LogP contribution in [0, 0.1) is 16.7 Å². The molecule has 0 spiro atoms. The molecule has 0 bridgehead atoms. The van der Waals surface area contributed by atoms with E-state index in [2.05, 4.69) is 16.0 Å². The first-order valence-corrected chi connectivity index (χ1v) is 10.4. The summed E-state index contributed by atoms with van der Waals surface area (Å²) < 4.78 is 11.1. The molecule has 1 aromatic carbocycles. The number of nitrogens with two attached hydrogens (primary N) is 1. The van der Waals surface area contributed by atoms with Crippen LogP contribution in [0.5, 0.6) is 11.5 Å². The highest BCUT2D eigenvalue weighted by molar-refractivity contribution is 6.35. The fourth-order valence-corrected chi connectivity index (χ4v) is 4.47. The fourth-order valence-electron chi connectivity index (χ4n) is 4.13. The molecule has 1 fully saturated rings. The van der Waals surface area contributed by atoms with Crippen LogP contribution in [0.15, 0.2) is 24.4 Å². The molecule has 0 atom stereocenters. The Morgan fingerprint density at radius 1 is 1.23 bits per heavy atom. The van der Waals surface area contributed by atoms with Crippen LogP contribution < -0.4 is 20.1 Å². The predicted molar refractivity (Wildman–Crippen MR) is 123 cm³/mol. The molecule has 1 saturated heterocycles. The molecule has 8 heteroatoms. The van der Waals surface area contributed by atoms with Gasteiger partial charge in [0, 0.05) is 47.3 Å². The zero-order valence-corrected chi connectivity index (χ0v) is 18.7. The maximum Gasteiger partial charge on any atom is 0.141 e. The fraction of sp³-hybridized carbons (Fsp3) is 0.348. The molecule has 160 valence electrons. The van der Waals surface area contributed by atoms with Gasteiger partial charge in [-0.25, -0.2) is 9.97 Å². The molecule has 3 aromatic rings. The Hall–Kier alpha value is -3.24. The smallest absolute Gasteiger partial charge is 0.141 e. The van der Waals surface area contributed by atoms with Crippen molar-refractivity contribution in [3.63, 3.8) is 0 Å². The molecular formula is C23H24ClN5O2. The highest BCUT2D eigenvalue weighted by atomic mass is 35.5. The molecule has 0 aliphatic carbocycles. The van der Waals surface area contributed by atoms with Gasteiger partial charge in [-0.1, -0.05) is 18.5 Å². The second kappa shape index (κ2) is 7.78. The molecule has 31 heavy (non-hydrogen) atoms. The number of nitrogen functional groups attached to an aromatic ring is 1. The number of nitrogens with zero attached hydrogens (tertiary/aromatic N) is 4. The second-order valence-corrected chi connectivity index (χ2v) is 8.37. The molecular weight excluding hydrogens is 414 g/mol. The van der Waals surface area contributed by atoms with Crippen LogP contribution in [0.1, 0.15) is 19.4 Å². The number of pyridine rings is 2. The van der Waals surface area contributed by atoms with Gasteiger partial charge in [0.05, 0.1) is 36.4 Å². The van der Waals surface area contributed by atoms with Gasteiger partial charge in [0.25, 0.3) is 0 Å². The van der Waals surface area contributed by atoms with Crippen LogP contribution in [-0.2, 0) is 6.42 Å². The number of benzene rings is 1. The monoisotopic (exact) mass is 437 g/mol. The van der Waals surface area contributed by atoms with E-state index in [0.29, 0.717) is 47.5 Å². The van der Waals surface area contributed by atoms with Gasteiger partial charge in [0.2, 0.25) is 0 Å². The van der Waals surface area contributed by atoms with E-state index < -0.39 is 5.41 Å². The molecule has 0 radical (unpaired) electrons. The van der Waals surface area contributed by atoms with Gasteiger partial charge in [0.1, 0.15) is 23.1 Å². The third-order valence-corrected chi connectivity index (χ3v) is 6.09. The summed E-state index contributed by atoms with van der Waals surface area (Å²) >= 11 is 6.77. The van der Waals surface area contributed by atoms with E-state index in [1.807, 2.05) is 26.0 Å². The summed E-state index contributed by atoms with van der Waals surface area (Å²) in [7, 11) is 3.20. The van der Waals surface area contributed by atoms with Crippen LogP contribution in [0.2, 0.25) is 5.02 Å². The Kier molecular flexibility index (Phi) is 5.28. The number of halogens is 1. The summed E-state index contributed by atoms with van der Waals surface area (Å²) in [5.41, 5.74) is 7.97. The largest absolute Gasteiger partial charge is 0.496 e. The highest BCUT2D eigenvalue weighted by Crippen LogP contribution is 2.45. The van der Waals surface area contributed by atoms with E-state index in [4.69, 9.17) is 31.8 Å². The van der Waals surface area contributed by atoms with Crippen molar-refractivity contribution in [3.8, 4) is 28.8 Å². The molecule has 4 rings (SSSR count). The van der Waals surface area contributed by atoms with E-state index in [0.717, 1.165) is 27.7 Å². The first kappa shape index (κ1) is 21.0. The molecule has 0 unspecified atom stereocenters. The number of hydrogen-bond acceptors (Lipinski definition) is 7. The number of fused-ring (bicyclic) bond motifs is 1. The normalized spacial score (nSPS) is 14.8. The number of ether oxygens (including phenoxy) is 2. The van der Waals surface area contributed by atoms with Gasteiger partial charge in [-0.2, -0.15) is 5.26 Å². The minimum Gasteiger partial charge on any atom is -0.496 e. The van der Waals surface area contributed by atoms with Crippen molar-refractivity contribution < 1.29 is 9.47 Å².